The van der Waals surface area contributed by atoms with Crippen LogP contribution in [0.15, 0.2) is 22.9 Å². The second-order valence-electron chi connectivity index (χ2n) is 5.38. The normalized spacial score (nSPS) is 19.9. The molecule has 2 amide bonds. The number of hydrogen-bond donors (Lipinski definition) is 2. The number of urea groups is 1. The van der Waals surface area contributed by atoms with Gasteiger partial charge in [-0.2, -0.15) is 4.98 Å². The van der Waals surface area contributed by atoms with Crippen molar-refractivity contribution >= 4 is 6.03 Å². The summed E-state index contributed by atoms with van der Waals surface area (Å²) >= 11 is 0. The molecule has 0 bridgehead atoms. The Morgan fingerprint density at radius 3 is 3.00 bits per heavy atom. The molecule has 2 aromatic heterocycles. The molecule has 2 atom stereocenters. The summed E-state index contributed by atoms with van der Waals surface area (Å²) in [6.07, 6.45) is 2.19. The summed E-state index contributed by atoms with van der Waals surface area (Å²) in [5.74, 6) is 1.43. The third-order valence-electron chi connectivity index (χ3n) is 3.68. The molecule has 3 heterocycles. The van der Waals surface area contributed by atoms with Crippen molar-refractivity contribution in [3.63, 3.8) is 0 Å². The van der Waals surface area contributed by atoms with Crippen LogP contribution in [0.5, 0.6) is 5.88 Å². The van der Waals surface area contributed by atoms with Gasteiger partial charge in [0.05, 0.1) is 19.7 Å². The zero-order valence-electron chi connectivity index (χ0n) is 13.5. The highest BCUT2D eigenvalue weighted by Gasteiger charge is 2.31. The van der Waals surface area contributed by atoms with Crippen LogP contribution in [-0.2, 0) is 11.3 Å². The first kappa shape index (κ1) is 16.2. The van der Waals surface area contributed by atoms with Crippen LogP contribution in [0.2, 0.25) is 0 Å². The molecule has 0 aromatic carbocycles. The average Bonchev–Trinajstić information content (AvgIpc) is 3.22. The van der Waals surface area contributed by atoms with Gasteiger partial charge in [0.15, 0.2) is 5.82 Å². The zero-order valence-corrected chi connectivity index (χ0v) is 13.5. The van der Waals surface area contributed by atoms with Crippen LogP contribution in [0.1, 0.15) is 29.8 Å². The van der Waals surface area contributed by atoms with Crippen molar-refractivity contribution in [3.8, 4) is 5.88 Å². The minimum atomic E-state index is -0.306. The highest BCUT2D eigenvalue weighted by molar-refractivity contribution is 5.74. The van der Waals surface area contributed by atoms with E-state index in [1.807, 2.05) is 6.07 Å². The van der Waals surface area contributed by atoms with Crippen molar-refractivity contribution in [1.82, 2.24) is 25.8 Å². The fourth-order valence-corrected chi connectivity index (χ4v) is 2.54. The largest absolute Gasteiger partial charge is 0.481 e. The lowest BCUT2D eigenvalue weighted by Gasteiger charge is -2.20. The van der Waals surface area contributed by atoms with Gasteiger partial charge in [0, 0.05) is 31.4 Å². The maximum atomic E-state index is 12.1. The molecule has 9 heteroatoms. The number of nitrogens with one attached hydrogen (secondary N) is 2. The summed E-state index contributed by atoms with van der Waals surface area (Å²) in [6, 6.07) is 3.22. The van der Waals surface area contributed by atoms with E-state index in [9.17, 15) is 4.79 Å². The molecule has 0 unspecified atom stereocenters. The van der Waals surface area contributed by atoms with E-state index in [1.165, 1.54) is 0 Å². The van der Waals surface area contributed by atoms with Gasteiger partial charge in [-0.3, -0.25) is 0 Å². The molecule has 0 radical (unpaired) electrons. The molecule has 1 aliphatic rings. The van der Waals surface area contributed by atoms with Gasteiger partial charge in [0.25, 0.3) is 0 Å². The molecular weight excluding hydrogens is 314 g/mol. The monoisotopic (exact) mass is 333 g/mol. The number of rotatable bonds is 5. The summed E-state index contributed by atoms with van der Waals surface area (Å²) in [7, 11) is 1.56. The van der Waals surface area contributed by atoms with Gasteiger partial charge in [-0.25, -0.2) is 9.78 Å². The Morgan fingerprint density at radius 2 is 2.33 bits per heavy atom. The highest BCUT2D eigenvalue weighted by Crippen LogP contribution is 2.29. The quantitative estimate of drug-likeness (QED) is 0.843. The number of nitrogens with zero attached hydrogens (tertiary/aromatic N) is 3. The van der Waals surface area contributed by atoms with Crippen LogP contribution in [-0.4, -0.2) is 40.9 Å². The second-order valence-corrected chi connectivity index (χ2v) is 5.38. The molecule has 24 heavy (non-hydrogen) atoms. The number of pyridine rings is 1. The molecule has 2 aromatic rings. The predicted octanol–water partition coefficient (Wildman–Crippen LogP) is 1.11. The maximum absolute atomic E-state index is 12.1. The SMILES string of the molecule is COc1ccc([C@H]2OCC[C@@H]2NC(=O)NCc2noc(C)n2)cn1. The Kier molecular flexibility index (Phi) is 4.90. The van der Waals surface area contributed by atoms with Crippen LogP contribution in [0.4, 0.5) is 4.79 Å². The molecule has 0 saturated carbocycles. The molecule has 9 nitrogen and oxygen atoms in total. The molecule has 1 saturated heterocycles. The van der Waals surface area contributed by atoms with Crippen LogP contribution in [0.3, 0.4) is 0 Å². The molecule has 128 valence electrons. The van der Waals surface area contributed by atoms with E-state index in [1.54, 1.807) is 26.3 Å². The van der Waals surface area contributed by atoms with E-state index >= 15 is 0 Å². The second kappa shape index (κ2) is 7.26. The number of carbonyl (C=O) groups excluding carboxylic acids is 1. The van der Waals surface area contributed by atoms with Crippen LogP contribution in [0, 0.1) is 6.92 Å². The first-order chi connectivity index (χ1) is 11.7. The summed E-state index contributed by atoms with van der Waals surface area (Å²) in [5, 5.41) is 9.34. The van der Waals surface area contributed by atoms with Gasteiger partial charge in [0.2, 0.25) is 11.8 Å². The molecule has 2 N–H and O–H groups in total. The Labute approximate surface area is 138 Å². The summed E-state index contributed by atoms with van der Waals surface area (Å²) in [6.45, 7) is 2.47. The fourth-order valence-electron chi connectivity index (χ4n) is 2.54. The zero-order chi connectivity index (χ0) is 16.9. The van der Waals surface area contributed by atoms with Crippen LogP contribution < -0.4 is 15.4 Å². The summed E-state index contributed by atoms with van der Waals surface area (Å²) in [5.41, 5.74) is 0.896. The van der Waals surface area contributed by atoms with Crippen molar-refractivity contribution in [2.24, 2.45) is 0 Å². The Morgan fingerprint density at radius 1 is 1.46 bits per heavy atom. The number of methoxy groups -OCH3 is 1. The van der Waals surface area contributed by atoms with Crippen LogP contribution >= 0.6 is 0 Å². The number of hydrogen-bond acceptors (Lipinski definition) is 7. The third kappa shape index (κ3) is 3.80. The van der Waals surface area contributed by atoms with E-state index in [2.05, 4.69) is 25.8 Å². The first-order valence-corrected chi connectivity index (χ1v) is 7.61. The van der Waals surface area contributed by atoms with Crippen LogP contribution in [0.25, 0.3) is 0 Å². The van der Waals surface area contributed by atoms with Gasteiger partial charge >= 0.3 is 6.03 Å². The topological polar surface area (TPSA) is 111 Å². The van der Waals surface area contributed by atoms with Gasteiger partial charge < -0.3 is 24.6 Å². The highest BCUT2D eigenvalue weighted by atomic mass is 16.5. The number of carbonyl (C=O) groups is 1. The minimum absolute atomic E-state index is 0.132. The Balaban J connectivity index is 1.55. The van der Waals surface area contributed by atoms with E-state index in [4.69, 9.17) is 14.0 Å². The minimum Gasteiger partial charge on any atom is -0.481 e. The van der Waals surface area contributed by atoms with Crippen molar-refractivity contribution in [2.75, 3.05) is 13.7 Å². The van der Waals surface area contributed by atoms with Gasteiger partial charge in [-0.15, -0.1) is 0 Å². The first-order valence-electron chi connectivity index (χ1n) is 7.61. The number of aryl methyl sites for hydroxylation is 1. The Bertz CT molecular complexity index is 687. The van der Waals surface area contributed by atoms with Crippen molar-refractivity contribution < 1.29 is 18.8 Å². The van der Waals surface area contributed by atoms with E-state index < -0.39 is 0 Å². The lowest BCUT2D eigenvalue weighted by Crippen LogP contribution is -2.43. The lowest BCUT2D eigenvalue weighted by atomic mass is 10.0. The summed E-state index contributed by atoms with van der Waals surface area (Å²) in [4.78, 5) is 20.3. The molecule has 1 fully saturated rings. The van der Waals surface area contributed by atoms with Crippen molar-refractivity contribution in [1.29, 1.82) is 0 Å². The van der Waals surface area contributed by atoms with Gasteiger partial charge in [0.1, 0.15) is 6.10 Å². The summed E-state index contributed by atoms with van der Waals surface area (Å²) < 4.78 is 15.6. The Hall–Kier alpha value is -2.68. The average molecular weight is 333 g/mol. The van der Waals surface area contributed by atoms with E-state index in [0.717, 1.165) is 12.0 Å². The van der Waals surface area contributed by atoms with Gasteiger partial charge in [-0.05, 0) is 12.5 Å². The molecular formula is C15H19N5O4. The number of ether oxygens (including phenoxy) is 2. The smallest absolute Gasteiger partial charge is 0.315 e. The third-order valence-corrected chi connectivity index (χ3v) is 3.68. The number of amides is 2. The molecule has 0 spiro atoms. The van der Waals surface area contributed by atoms with Gasteiger partial charge in [-0.1, -0.05) is 5.16 Å². The van der Waals surface area contributed by atoms with E-state index in [-0.39, 0.29) is 24.7 Å². The lowest BCUT2D eigenvalue weighted by molar-refractivity contribution is 0.0995. The molecule has 3 rings (SSSR count). The predicted molar refractivity (Wildman–Crippen MR) is 82.3 cm³/mol. The van der Waals surface area contributed by atoms with E-state index in [0.29, 0.717) is 24.2 Å². The van der Waals surface area contributed by atoms with Crippen molar-refractivity contribution in [2.45, 2.75) is 32.0 Å². The molecule has 1 aliphatic heterocycles. The maximum Gasteiger partial charge on any atom is 0.315 e. The number of aromatic nitrogens is 3. The van der Waals surface area contributed by atoms with Crippen molar-refractivity contribution in [3.05, 3.63) is 35.6 Å². The fraction of sp³-hybridized carbons (Fsp3) is 0.467. The molecule has 0 aliphatic carbocycles. The standard InChI is InChI=1S/C15H19N5O4/c1-9-18-12(20-24-9)8-17-15(21)19-11-5-6-23-14(11)10-3-4-13(22-2)16-7-10/h3-4,7,11,14H,5-6,8H2,1-2H3,(H2,17,19,21)/t11-,14+/m0/s1.